The van der Waals surface area contributed by atoms with Gasteiger partial charge >= 0.3 is 5.97 Å². The Balaban J connectivity index is 2.71. The highest BCUT2D eigenvalue weighted by molar-refractivity contribution is 7.89. The number of hydrogen-bond acceptors (Lipinski definition) is 4. The molecule has 0 saturated carbocycles. The zero-order chi connectivity index (χ0) is 17.8. The quantitative estimate of drug-likeness (QED) is 0.680. The van der Waals surface area contributed by atoms with Gasteiger partial charge < -0.3 is 10.4 Å². The van der Waals surface area contributed by atoms with E-state index in [1.54, 1.807) is 26.0 Å². The van der Waals surface area contributed by atoms with E-state index >= 15 is 0 Å². The molecule has 1 aromatic rings. The number of amides is 1. The molecule has 0 aliphatic heterocycles. The molecule has 0 saturated heterocycles. The van der Waals surface area contributed by atoms with Gasteiger partial charge in [-0.3, -0.25) is 9.59 Å². The molecule has 7 nitrogen and oxygen atoms in total. The Kier molecular flexibility index (Phi) is 6.28. The van der Waals surface area contributed by atoms with Gasteiger partial charge in [-0.2, -0.15) is 0 Å². The van der Waals surface area contributed by atoms with Crippen molar-refractivity contribution in [3.05, 3.63) is 28.8 Å². The molecule has 128 valence electrons. The van der Waals surface area contributed by atoms with E-state index in [1.165, 1.54) is 6.92 Å². The van der Waals surface area contributed by atoms with E-state index < -0.39 is 27.9 Å². The summed E-state index contributed by atoms with van der Waals surface area (Å²) in [5.74, 6) is -1.68. The molecular weight excluding hydrogens is 320 g/mol. The molecule has 1 unspecified atom stereocenters. The molecule has 0 fully saturated rings. The second-order valence-electron chi connectivity index (χ2n) is 5.50. The molecule has 8 heteroatoms. The van der Waals surface area contributed by atoms with Gasteiger partial charge in [-0.05, 0) is 38.8 Å². The van der Waals surface area contributed by atoms with Gasteiger partial charge in [0.05, 0.1) is 4.90 Å². The minimum atomic E-state index is -3.73. The normalized spacial score (nSPS) is 12.7. The highest BCUT2D eigenvalue weighted by Gasteiger charge is 2.20. The number of carbonyl (C=O) groups excluding carboxylic acids is 1. The van der Waals surface area contributed by atoms with E-state index in [0.717, 1.165) is 5.56 Å². The molecule has 0 aromatic heterocycles. The van der Waals surface area contributed by atoms with Crippen LogP contribution in [0.4, 0.5) is 0 Å². The number of rotatable bonds is 7. The number of benzene rings is 1. The smallest absolute Gasteiger partial charge is 0.325 e. The molecule has 0 radical (unpaired) electrons. The molecule has 23 heavy (non-hydrogen) atoms. The third kappa shape index (κ3) is 5.33. The number of nitrogens with one attached hydrogen (secondary N) is 2. The first-order valence-corrected chi connectivity index (χ1v) is 8.62. The van der Waals surface area contributed by atoms with Crippen molar-refractivity contribution in [3.8, 4) is 0 Å². The minimum Gasteiger partial charge on any atom is -0.480 e. The first-order chi connectivity index (χ1) is 10.5. The number of sulfonamides is 1. The summed E-state index contributed by atoms with van der Waals surface area (Å²) in [4.78, 5) is 22.4. The van der Waals surface area contributed by atoms with Crippen LogP contribution in [0.3, 0.4) is 0 Å². The summed E-state index contributed by atoms with van der Waals surface area (Å²) in [6, 6.07) is 2.55. The van der Waals surface area contributed by atoms with Crippen LogP contribution < -0.4 is 10.0 Å². The van der Waals surface area contributed by atoms with Crippen LogP contribution in [0.25, 0.3) is 0 Å². The molecule has 0 aliphatic rings. The topological polar surface area (TPSA) is 113 Å². The van der Waals surface area contributed by atoms with Gasteiger partial charge in [0.1, 0.15) is 6.04 Å². The molecule has 1 aromatic carbocycles. The summed E-state index contributed by atoms with van der Waals surface area (Å²) < 4.78 is 27.1. The van der Waals surface area contributed by atoms with Crippen LogP contribution in [0.1, 0.15) is 30.0 Å². The monoisotopic (exact) mass is 342 g/mol. The molecular formula is C15H22N2O5S. The molecule has 0 heterocycles. The average Bonchev–Trinajstić information content (AvgIpc) is 2.36. The Bertz CT molecular complexity index is 690. The highest BCUT2D eigenvalue weighted by Crippen LogP contribution is 2.21. The van der Waals surface area contributed by atoms with Crippen LogP contribution in [0, 0.1) is 20.8 Å². The van der Waals surface area contributed by atoms with Crippen molar-refractivity contribution in [3.63, 3.8) is 0 Å². The summed E-state index contributed by atoms with van der Waals surface area (Å²) in [7, 11) is -3.73. The number of carboxylic acid groups (broad SMARTS) is 1. The maximum atomic E-state index is 12.4. The maximum absolute atomic E-state index is 12.4. The third-order valence-corrected chi connectivity index (χ3v) is 5.03. The lowest BCUT2D eigenvalue weighted by Gasteiger charge is -2.13. The lowest BCUT2D eigenvalue weighted by atomic mass is 10.1. The molecule has 3 N–H and O–H groups in total. The fourth-order valence-electron chi connectivity index (χ4n) is 2.34. The summed E-state index contributed by atoms with van der Waals surface area (Å²) in [5.41, 5.74) is 2.25. The molecule has 0 bridgehead atoms. The van der Waals surface area contributed by atoms with Crippen LogP contribution in [0.5, 0.6) is 0 Å². The minimum absolute atomic E-state index is 0.104. The number of carbonyl (C=O) groups is 2. The van der Waals surface area contributed by atoms with E-state index in [2.05, 4.69) is 10.0 Å². The predicted octanol–water partition coefficient (Wildman–Crippen LogP) is 0.870. The van der Waals surface area contributed by atoms with Crippen LogP contribution >= 0.6 is 0 Å². The largest absolute Gasteiger partial charge is 0.480 e. The number of carboxylic acids is 1. The van der Waals surface area contributed by atoms with E-state index in [-0.39, 0.29) is 17.9 Å². The first-order valence-electron chi connectivity index (χ1n) is 7.14. The Hall–Kier alpha value is -1.93. The predicted molar refractivity (Wildman–Crippen MR) is 85.7 cm³/mol. The summed E-state index contributed by atoms with van der Waals surface area (Å²) in [6.07, 6.45) is -0.138. The van der Waals surface area contributed by atoms with Crippen molar-refractivity contribution in [2.45, 2.75) is 45.1 Å². The SMILES string of the molecule is Cc1cc(C)c(S(=O)(=O)NCCC(=O)NC(C)C(=O)O)c(C)c1. The van der Waals surface area contributed by atoms with Gasteiger partial charge in [0, 0.05) is 13.0 Å². The second kappa shape index (κ2) is 7.56. The van der Waals surface area contributed by atoms with E-state index in [1.807, 2.05) is 6.92 Å². The molecule has 0 aliphatic carbocycles. The van der Waals surface area contributed by atoms with Gasteiger partial charge in [0.25, 0.3) is 0 Å². The van der Waals surface area contributed by atoms with Crippen LogP contribution in [-0.4, -0.2) is 38.0 Å². The molecule has 1 atom stereocenters. The second-order valence-corrected chi connectivity index (χ2v) is 7.21. The lowest BCUT2D eigenvalue weighted by molar-refractivity contribution is -0.141. The third-order valence-electron chi connectivity index (χ3n) is 3.27. The first kappa shape index (κ1) is 19.1. The van der Waals surface area contributed by atoms with Crippen LogP contribution in [-0.2, 0) is 19.6 Å². The number of hydrogen-bond donors (Lipinski definition) is 3. The van der Waals surface area contributed by atoms with Crippen molar-refractivity contribution in [1.29, 1.82) is 0 Å². The van der Waals surface area contributed by atoms with E-state index in [4.69, 9.17) is 5.11 Å². The standard InChI is InChI=1S/C15H22N2O5S/c1-9-7-10(2)14(11(3)8-9)23(21,22)16-6-5-13(18)17-12(4)15(19)20/h7-8,12,16H,5-6H2,1-4H3,(H,17,18)(H,19,20). The van der Waals surface area contributed by atoms with Gasteiger partial charge in [-0.15, -0.1) is 0 Å². The van der Waals surface area contributed by atoms with Crippen molar-refractivity contribution in [2.24, 2.45) is 0 Å². The van der Waals surface area contributed by atoms with Crippen molar-refractivity contribution in [1.82, 2.24) is 10.0 Å². The van der Waals surface area contributed by atoms with Gasteiger partial charge in [0.15, 0.2) is 0 Å². The van der Waals surface area contributed by atoms with E-state index in [0.29, 0.717) is 11.1 Å². The maximum Gasteiger partial charge on any atom is 0.325 e. The lowest BCUT2D eigenvalue weighted by Crippen LogP contribution is -2.40. The molecule has 0 spiro atoms. The van der Waals surface area contributed by atoms with Crippen molar-refractivity contribution >= 4 is 21.9 Å². The van der Waals surface area contributed by atoms with Gasteiger partial charge in [-0.1, -0.05) is 17.7 Å². The summed E-state index contributed by atoms with van der Waals surface area (Å²) in [6.45, 7) is 6.56. The Labute approximate surface area is 136 Å². The average molecular weight is 342 g/mol. The van der Waals surface area contributed by atoms with Crippen LogP contribution in [0.2, 0.25) is 0 Å². The fourth-order valence-corrected chi connectivity index (χ4v) is 3.82. The van der Waals surface area contributed by atoms with Crippen LogP contribution in [0.15, 0.2) is 17.0 Å². The van der Waals surface area contributed by atoms with Crippen molar-refractivity contribution in [2.75, 3.05) is 6.54 Å². The summed E-state index contributed by atoms with van der Waals surface area (Å²) in [5, 5.41) is 11.0. The van der Waals surface area contributed by atoms with Gasteiger partial charge in [-0.25, -0.2) is 13.1 Å². The Morgan fingerprint density at radius 3 is 2.17 bits per heavy atom. The Morgan fingerprint density at radius 1 is 1.17 bits per heavy atom. The zero-order valence-corrected chi connectivity index (χ0v) is 14.5. The Morgan fingerprint density at radius 2 is 1.70 bits per heavy atom. The fraction of sp³-hybridized carbons (Fsp3) is 0.467. The number of aryl methyl sites for hydroxylation is 3. The summed E-state index contributed by atoms with van der Waals surface area (Å²) >= 11 is 0. The molecule has 1 amide bonds. The highest BCUT2D eigenvalue weighted by atomic mass is 32.2. The van der Waals surface area contributed by atoms with E-state index in [9.17, 15) is 18.0 Å². The van der Waals surface area contributed by atoms with Gasteiger partial charge in [0.2, 0.25) is 15.9 Å². The number of aliphatic carboxylic acids is 1. The molecule has 1 rings (SSSR count). The zero-order valence-electron chi connectivity index (χ0n) is 13.6. The van der Waals surface area contributed by atoms with Crippen molar-refractivity contribution < 1.29 is 23.1 Å².